The third-order valence-corrected chi connectivity index (χ3v) is 3.03. The lowest BCUT2D eigenvalue weighted by atomic mass is 10.1. The van der Waals surface area contributed by atoms with Gasteiger partial charge < -0.3 is 25.5 Å². The number of carbonyl (C=O) groups is 3. The lowest BCUT2D eigenvalue weighted by Crippen LogP contribution is -2.57. The number of carbonyl (C=O) groups excluding carboxylic acids is 2. The lowest BCUT2D eigenvalue weighted by molar-refractivity contribution is -0.142. The maximum absolute atomic E-state index is 12.3. The van der Waals surface area contributed by atoms with Crippen molar-refractivity contribution in [2.45, 2.75) is 19.0 Å². The third-order valence-electron chi connectivity index (χ3n) is 3.03. The summed E-state index contributed by atoms with van der Waals surface area (Å²) in [5, 5.41) is 11.4. The fourth-order valence-electron chi connectivity index (χ4n) is 2.07. The average Bonchev–Trinajstić information content (AvgIpc) is 2.88. The van der Waals surface area contributed by atoms with E-state index in [4.69, 9.17) is 15.3 Å². The van der Waals surface area contributed by atoms with Gasteiger partial charge in [-0.15, -0.1) is 0 Å². The number of furan rings is 1. The van der Waals surface area contributed by atoms with E-state index >= 15 is 0 Å². The molecule has 1 aliphatic rings. The number of rotatable bonds is 4. The van der Waals surface area contributed by atoms with Crippen LogP contribution in [-0.2, 0) is 16.1 Å². The molecule has 0 saturated carbocycles. The van der Waals surface area contributed by atoms with Gasteiger partial charge in [-0.2, -0.15) is 0 Å². The minimum atomic E-state index is -1.15. The van der Waals surface area contributed by atoms with Crippen molar-refractivity contribution in [3.63, 3.8) is 0 Å². The molecule has 1 atom stereocenters. The van der Waals surface area contributed by atoms with Gasteiger partial charge in [0.1, 0.15) is 11.8 Å². The van der Waals surface area contributed by atoms with Crippen LogP contribution in [0.25, 0.3) is 0 Å². The van der Waals surface area contributed by atoms with Crippen molar-refractivity contribution in [1.82, 2.24) is 10.2 Å². The molecule has 2 amide bonds. The highest BCUT2D eigenvalue weighted by Crippen LogP contribution is 2.16. The molecule has 2 rings (SSSR count). The van der Waals surface area contributed by atoms with E-state index in [1.807, 2.05) is 0 Å². The van der Waals surface area contributed by atoms with Gasteiger partial charge in [0, 0.05) is 13.1 Å². The van der Waals surface area contributed by atoms with Crippen LogP contribution < -0.4 is 11.1 Å². The van der Waals surface area contributed by atoms with Crippen LogP contribution in [0.4, 0.5) is 0 Å². The molecule has 8 nitrogen and oxygen atoms in total. The molecule has 0 spiro atoms. The quantitative estimate of drug-likeness (QED) is 0.660. The molecule has 0 aliphatic carbocycles. The Labute approximate surface area is 114 Å². The van der Waals surface area contributed by atoms with Crippen LogP contribution >= 0.6 is 0 Å². The maximum atomic E-state index is 12.3. The Balaban J connectivity index is 2.20. The Morgan fingerprint density at radius 3 is 2.85 bits per heavy atom. The van der Waals surface area contributed by atoms with Gasteiger partial charge in [0.2, 0.25) is 5.91 Å². The van der Waals surface area contributed by atoms with Gasteiger partial charge >= 0.3 is 5.97 Å². The first-order valence-corrected chi connectivity index (χ1v) is 6.12. The number of hydrogen-bond donors (Lipinski definition) is 3. The summed E-state index contributed by atoms with van der Waals surface area (Å²) in [6.07, 6.45) is -0.442. The molecule has 0 bridgehead atoms. The minimum absolute atomic E-state index is 0.0514. The second-order valence-electron chi connectivity index (χ2n) is 4.37. The summed E-state index contributed by atoms with van der Waals surface area (Å²) in [6, 6.07) is 2.01. The van der Waals surface area contributed by atoms with Gasteiger partial charge in [0.25, 0.3) is 5.91 Å². The van der Waals surface area contributed by atoms with E-state index in [9.17, 15) is 14.4 Å². The molecule has 0 radical (unpaired) electrons. The normalized spacial score (nSPS) is 18.8. The maximum Gasteiger partial charge on any atom is 0.305 e. The highest BCUT2D eigenvalue weighted by atomic mass is 16.4. The summed E-state index contributed by atoms with van der Waals surface area (Å²) in [4.78, 5) is 36.0. The Morgan fingerprint density at radius 2 is 2.25 bits per heavy atom. The number of nitrogens with zero attached hydrogens (tertiary/aromatic N) is 1. The second-order valence-corrected chi connectivity index (χ2v) is 4.37. The van der Waals surface area contributed by atoms with Gasteiger partial charge in [-0.05, 0) is 12.1 Å². The zero-order valence-corrected chi connectivity index (χ0v) is 10.7. The average molecular weight is 281 g/mol. The second kappa shape index (κ2) is 5.74. The number of hydrogen-bond acceptors (Lipinski definition) is 5. The smallest absolute Gasteiger partial charge is 0.305 e. The first-order valence-electron chi connectivity index (χ1n) is 6.12. The predicted molar refractivity (Wildman–Crippen MR) is 66.7 cm³/mol. The molecule has 1 fully saturated rings. The van der Waals surface area contributed by atoms with Crippen LogP contribution in [0, 0.1) is 0 Å². The monoisotopic (exact) mass is 281 g/mol. The molecular formula is C12H15N3O5. The summed E-state index contributed by atoms with van der Waals surface area (Å²) in [6.45, 7) is 0.679. The van der Waals surface area contributed by atoms with E-state index < -0.39 is 30.2 Å². The molecule has 8 heteroatoms. The third kappa shape index (κ3) is 2.80. The van der Waals surface area contributed by atoms with Crippen LogP contribution in [0.15, 0.2) is 16.5 Å². The van der Waals surface area contributed by atoms with Gasteiger partial charge in [-0.25, -0.2) is 0 Å². The SMILES string of the molecule is NCc1ccc(C(=O)N2CCNC(=O)C2CC(=O)O)o1. The Morgan fingerprint density at radius 1 is 1.50 bits per heavy atom. The number of aliphatic carboxylic acids is 1. The van der Waals surface area contributed by atoms with Gasteiger partial charge in [-0.1, -0.05) is 0 Å². The summed E-state index contributed by atoms with van der Waals surface area (Å²) in [5.41, 5.74) is 5.40. The van der Waals surface area contributed by atoms with E-state index in [2.05, 4.69) is 5.32 Å². The van der Waals surface area contributed by atoms with E-state index in [1.54, 1.807) is 6.07 Å². The van der Waals surface area contributed by atoms with Crippen LogP contribution in [0.5, 0.6) is 0 Å². The van der Waals surface area contributed by atoms with Gasteiger partial charge in [-0.3, -0.25) is 14.4 Å². The molecule has 1 aliphatic heterocycles. The Kier molecular flexibility index (Phi) is 4.04. The van der Waals surface area contributed by atoms with Crippen molar-refractivity contribution in [2.24, 2.45) is 5.73 Å². The number of nitrogens with one attached hydrogen (secondary N) is 1. The van der Waals surface area contributed by atoms with Crippen molar-refractivity contribution in [3.05, 3.63) is 23.7 Å². The summed E-state index contributed by atoms with van der Waals surface area (Å²) in [5.74, 6) is -1.63. The fraction of sp³-hybridized carbons (Fsp3) is 0.417. The molecule has 108 valence electrons. The zero-order valence-electron chi connectivity index (χ0n) is 10.7. The summed E-state index contributed by atoms with van der Waals surface area (Å²) < 4.78 is 5.24. The molecular weight excluding hydrogens is 266 g/mol. The van der Waals surface area contributed by atoms with Crippen LogP contribution in [-0.4, -0.2) is 46.9 Å². The van der Waals surface area contributed by atoms with Crippen molar-refractivity contribution in [3.8, 4) is 0 Å². The van der Waals surface area contributed by atoms with E-state index in [0.717, 1.165) is 0 Å². The fourth-order valence-corrected chi connectivity index (χ4v) is 2.07. The van der Waals surface area contributed by atoms with Gasteiger partial charge in [0.15, 0.2) is 5.76 Å². The van der Waals surface area contributed by atoms with Crippen LogP contribution in [0.1, 0.15) is 22.7 Å². The number of carboxylic acid groups (broad SMARTS) is 1. The first-order chi connectivity index (χ1) is 9.52. The minimum Gasteiger partial charge on any atom is -0.481 e. The summed E-state index contributed by atoms with van der Waals surface area (Å²) in [7, 11) is 0. The van der Waals surface area contributed by atoms with Crippen molar-refractivity contribution in [1.29, 1.82) is 0 Å². The van der Waals surface area contributed by atoms with Crippen LogP contribution in [0.3, 0.4) is 0 Å². The van der Waals surface area contributed by atoms with Crippen molar-refractivity contribution < 1.29 is 23.9 Å². The first kappa shape index (κ1) is 14.1. The molecule has 1 unspecified atom stereocenters. The molecule has 1 aromatic heterocycles. The number of carboxylic acids is 1. The molecule has 4 N–H and O–H groups in total. The number of nitrogens with two attached hydrogens (primary N) is 1. The highest BCUT2D eigenvalue weighted by molar-refractivity contribution is 5.97. The van der Waals surface area contributed by atoms with Crippen molar-refractivity contribution in [2.75, 3.05) is 13.1 Å². The Bertz CT molecular complexity index is 539. The number of piperazine rings is 1. The van der Waals surface area contributed by atoms with E-state index in [-0.39, 0.29) is 25.4 Å². The van der Waals surface area contributed by atoms with E-state index in [1.165, 1.54) is 11.0 Å². The topological polar surface area (TPSA) is 126 Å². The van der Waals surface area contributed by atoms with E-state index in [0.29, 0.717) is 5.76 Å². The number of amides is 2. The standard InChI is InChI=1S/C12H15N3O5/c13-6-7-1-2-9(20-7)12(19)15-4-3-14-11(18)8(15)5-10(16)17/h1-2,8H,3-6,13H2,(H,14,18)(H,16,17). The highest BCUT2D eigenvalue weighted by Gasteiger charge is 2.36. The molecule has 1 aromatic rings. The molecule has 20 heavy (non-hydrogen) atoms. The largest absolute Gasteiger partial charge is 0.481 e. The lowest BCUT2D eigenvalue weighted by Gasteiger charge is -2.33. The molecule has 0 aromatic carbocycles. The molecule has 2 heterocycles. The predicted octanol–water partition coefficient (Wildman–Crippen LogP) is -0.846. The van der Waals surface area contributed by atoms with Gasteiger partial charge in [0.05, 0.1) is 13.0 Å². The van der Waals surface area contributed by atoms with Crippen molar-refractivity contribution >= 4 is 17.8 Å². The Hall–Kier alpha value is -2.35. The molecule has 1 saturated heterocycles. The van der Waals surface area contributed by atoms with Crippen LogP contribution in [0.2, 0.25) is 0 Å². The zero-order chi connectivity index (χ0) is 14.7. The summed E-state index contributed by atoms with van der Waals surface area (Å²) >= 11 is 0.